The second kappa shape index (κ2) is 7.95. The van der Waals surface area contributed by atoms with E-state index in [9.17, 15) is 4.79 Å². The fourth-order valence-electron chi connectivity index (χ4n) is 3.22. The largest absolute Gasteiger partial charge is 0.479 e. The Morgan fingerprint density at radius 1 is 1.29 bits per heavy atom. The summed E-state index contributed by atoms with van der Waals surface area (Å²) < 4.78 is 10.2. The molecule has 0 saturated heterocycles. The van der Waals surface area contributed by atoms with E-state index in [2.05, 4.69) is 10.1 Å². The summed E-state index contributed by atoms with van der Waals surface area (Å²) in [7, 11) is 1.50. The summed E-state index contributed by atoms with van der Waals surface area (Å²) in [4.78, 5) is 18.8. The molecular weight excluding hydrogens is 306 g/mol. The lowest BCUT2D eigenvalue weighted by atomic mass is 9.89. The third kappa shape index (κ3) is 4.13. The minimum absolute atomic E-state index is 0.145. The molecule has 0 unspecified atom stereocenters. The highest BCUT2D eigenvalue weighted by Crippen LogP contribution is 2.26. The summed E-state index contributed by atoms with van der Waals surface area (Å²) in [6.07, 6.45) is 9.65. The zero-order valence-electron chi connectivity index (χ0n) is 14.0. The highest BCUT2D eigenvalue weighted by Gasteiger charge is 2.25. The molecular formula is C18H23N3O3. The maximum atomic E-state index is 12.9. The van der Waals surface area contributed by atoms with Crippen LogP contribution in [-0.2, 0) is 6.54 Å². The van der Waals surface area contributed by atoms with Gasteiger partial charge in [-0.3, -0.25) is 9.78 Å². The van der Waals surface area contributed by atoms with E-state index in [1.54, 1.807) is 18.5 Å². The number of carbonyl (C=O) groups excluding carboxylic acids is 1. The molecule has 1 fully saturated rings. The molecule has 0 spiro atoms. The first kappa shape index (κ1) is 16.5. The number of nitrogens with zero attached hydrogens (tertiary/aromatic N) is 3. The normalized spacial score (nSPS) is 15.2. The molecule has 1 saturated carbocycles. The molecule has 6 nitrogen and oxygen atoms in total. The summed E-state index contributed by atoms with van der Waals surface area (Å²) >= 11 is 0. The monoisotopic (exact) mass is 329 g/mol. The van der Waals surface area contributed by atoms with Crippen LogP contribution in [0.15, 0.2) is 35.1 Å². The van der Waals surface area contributed by atoms with Crippen LogP contribution in [0.5, 0.6) is 5.88 Å². The van der Waals surface area contributed by atoms with Crippen molar-refractivity contribution in [2.75, 3.05) is 13.7 Å². The molecule has 0 aliphatic heterocycles. The van der Waals surface area contributed by atoms with Gasteiger partial charge in [-0.2, -0.15) is 0 Å². The van der Waals surface area contributed by atoms with E-state index in [-0.39, 0.29) is 11.7 Å². The number of ether oxygens (including phenoxy) is 1. The van der Waals surface area contributed by atoms with E-state index in [1.807, 2.05) is 17.0 Å². The number of amides is 1. The summed E-state index contributed by atoms with van der Waals surface area (Å²) in [5.41, 5.74) is 1.06. The molecule has 2 aromatic heterocycles. The van der Waals surface area contributed by atoms with Crippen LogP contribution in [-0.4, -0.2) is 34.6 Å². The second-order valence-corrected chi connectivity index (χ2v) is 6.28. The summed E-state index contributed by atoms with van der Waals surface area (Å²) in [6, 6.07) is 5.41. The van der Waals surface area contributed by atoms with Gasteiger partial charge in [0.1, 0.15) is 0 Å². The van der Waals surface area contributed by atoms with E-state index in [0.29, 0.717) is 18.3 Å². The number of pyridine rings is 1. The Hall–Kier alpha value is -2.37. The highest BCUT2D eigenvalue weighted by atomic mass is 16.5. The van der Waals surface area contributed by atoms with Crippen LogP contribution in [0, 0.1) is 5.92 Å². The Balaban J connectivity index is 1.75. The maximum absolute atomic E-state index is 12.9. The molecule has 24 heavy (non-hydrogen) atoms. The van der Waals surface area contributed by atoms with Gasteiger partial charge in [0.05, 0.1) is 13.2 Å². The standard InChI is InChI=1S/C18H23N3O3/c1-23-17-11-16(24-20-17)18(22)21(12-14-5-3-2-4-6-14)13-15-7-9-19-10-8-15/h7-11,14H,2-6,12-13H2,1H3. The first-order chi connectivity index (χ1) is 11.8. The van der Waals surface area contributed by atoms with Crippen molar-refractivity contribution in [2.24, 2.45) is 5.92 Å². The molecule has 0 atom stereocenters. The van der Waals surface area contributed by atoms with Crippen molar-refractivity contribution in [1.29, 1.82) is 0 Å². The zero-order chi connectivity index (χ0) is 16.8. The van der Waals surface area contributed by atoms with E-state index >= 15 is 0 Å². The predicted octanol–water partition coefficient (Wildman–Crippen LogP) is 3.30. The van der Waals surface area contributed by atoms with Crippen LogP contribution in [0.1, 0.15) is 48.2 Å². The lowest BCUT2D eigenvalue weighted by Crippen LogP contribution is -2.35. The Kier molecular flexibility index (Phi) is 5.46. The number of rotatable bonds is 6. The van der Waals surface area contributed by atoms with Gasteiger partial charge < -0.3 is 14.2 Å². The molecule has 2 heterocycles. The number of aromatic nitrogens is 2. The van der Waals surface area contributed by atoms with Crippen molar-refractivity contribution in [1.82, 2.24) is 15.0 Å². The van der Waals surface area contributed by atoms with E-state index in [4.69, 9.17) is 9.26 Å². The lowest BCUT2D eigenvalue weighted by molar-refractivity contribution is 0.0657. The number of carbonyl (C=O) groups is 1. The van der Waals surface area contributed by atoms with Crippen molar-refractivity contribution in [3.63, 3.8) is 0 Å². The van der Waals surface area contributed by atoms with Crippen LogP contribution in [0.2, 0.25) is 0 Å². The topological polar surface area (TPSA) is 68.5 Å². The molecule has 2 aromatic rings. The van der Waals surface area contributed by atoms with Crippen LogP contribution in [0.3, 0.4) is 0 Å². The molecule has 1 aliphatic rings. The van der Waals surface area contributed by atoms with E-state index < -0.39 is 0 Å². The summed E-state index contributed by atoms with van der Waals surface area (Å²) in [6.45, 7) is 1.28. The Bertz CT molecular complexity index is 651. The molecule has 1 amide bonds. The predicted molar refractivity (Wildman–Crippen MR) is 88.6 cm³/mol. The Morgan fingerprint density at radius 2 is 2.04 bits per heavy atom. The van der Waals surface area contributed by atoms with Crippen molar-refractivity contribution in [3.8, 4) is 5.88 Å². The van der Waals surface area contributed by atoms with Gasteiger partial charge in [-0.1, -0.05) is 19.3 Å². The van der Waals surface area contributed by atoms with Crippen LogP contribution in [0.4, 0.5) is 0 Å². The van der Waals surface area contributed by atoms with Crippen molar-refractivity contribution in [2.45, 2.75) is 38.6 Å². The smallest absolute Gasteiger partial charge is 0.292 e. The summed E-state index contributed by atoms with van der Waals surface area (Å²) in [5.74, 6) is 0.944. The van der Waals surface area contributed by atoms with Crippen LogP contribution in [0.25, 0.3) is 0 Å². The van der Waals surface area contributed by atoms with Gasteiger partial charge in [0, 0.05) is 25.5 Å². The van der Waals surface area contributed by atoms with Gasteiger partial charge in [0.2, 0.25) is 5.76 Å². The molecule has 0 radical (unpaired) electrons. The number of hydrogen-bond acceptors (Lipinski definition) is 5. The Labute approximate surface area is 141 Å². The maximum Gasteiger partial charge on any atom is 0.292 e. The average molecular weight is 329 g/mol. The molecule has 0 bridgehead atoms. The fraction of sp³-hybridized carbons (Fsp3) is 0.500. The zero-order valence-corrected chi connectivity index (χ0v) is 14.0. The van der Waals surface area contributed by atoms with Crippen LogP contribution >= 0.6 is 0 Å². The second-order valence-electron chi connectivity index (χ2n) is 6.28. The first-order valence-electron chi connectivity index (χ1n) is 8.45. The third-order valence-corrected chi connectivity index (χ3v) is 4.52. The minimum atomic E-state index is -0.145. The lowest BCUT2D eigenvalue weighted by Gasteiger charge is -2.29. The van der Waals surface area contributed by atoms with Crippen molar-refractivity contribution >= 4 is 5.91 Å². The fourth-order valence-corrected chi connectivity index (χ4v) is 3.22. The highest BCUT2D eigenvalue weighted by molar-refractivity contribution is 5.91. The molecule has 0 N–H and O–H groups in total. The van der Waals surface area contributed by atoms with Gasteiger partial charge in [-0.25, -0.2) is 0 Å². The molecule has 128 valence electrons. The first-order valence-corrected chi connectivity index (χ1v) is 8.45. The van der Waals surface area contributed by atoms with Gasteiger partial charge in [-0.05, 0) is 41.6 Å². The molecule has 6 heteroatoms. The van der Waals surface area contributed by atoms with Crippen LogP contribution < -0.4 is 4.74 Å². The van der Waals surface area contributed by atoms with Crippen molar-refractivity contribution in [3.05, 3.63) is 41.9 Å². The summed E-state index contributed by atoms with van der Waals surface area (Å²) in [5, 5.41) is 3.74. The average Bonchev–Trinajstić information content (AvgIpc) is 3.11. The van der Waals surface area contributed by atoms with E-state index in [0.717, 1.165) is 12.1 Å². The molecule has 0 aromatic carbocycles. The molecule has 1 aliphatic carbocycles. The van der Waals surface area contributed by atoms with Crippen molar-refractivity contribution < 1.29 is 14.1 Å². The molecule has 3 rings (SSSR count). The minimum Gasteiger partial charge on any atom is -0.479 e. The van der Waals surface area contributed by atoms with Gasteiger partial charge >= 0.3 is 0 Å². The number of hydrogen-bond donors (Lipinski definition) is 0. The quantitative estimate of drug-likeness (QED) is 0.813. The van der Waals surface area contributed by atoms with E-state index in [1.165, 1.54) is 39.2 Å². The SMILES string of the molecule is COc1cc(C(=O)N(Cc2ccncc2)CC2CCCCC2)on1. The van der Waals surface area contributed by atoms with Gasteiger partial charge in [0.25, 0.3) is 11.8 Å². The Morgan fingerprint density at radius 3 is 2.71 bits per heavy atom. The third-order valence-electron chi connectivity index (χ3n) is 4.52. The van der Waals surface area contributed by atoms with Gasteiger partial charge in [-0.15, -0.1) is 0 Å². The van der Waals surface area contributed by atoms with Gasteiger partial charge in [0.15, 0.2) is 0 Å². The number of methoxy groups -OCH3 is 1.